The molecule has 0 aromatic rings. The summed E-state index contributed by atoms with van der Waals surface area (Å²) in [5.74, 6) is -0.869. The van der Waals surface area contributed by atoms with Crippen LogP contribution in [0.5, 0.6) is 0 Å². The van der Waals surface area contributed by atoms with E-state index in [2.05, 4.69) is 106 Å². The first kappa shape index (κ1) is 79.6. The molecule has 0 spiro atoms. The predicted octanol–water partition coefficient (Wildman–Crippen LogP) is 25.0. The van der Waals surface area contributed by atoms with Crippen molar-refractivity contribution in [2.24, 2.45) is 0 Å². The lowest BCUT2D eigenvalue weighted by molar-refractivity contribution is -0.167. The van der Waals surface area contributed by atoms with Crippen LogP contribution in [0.15, 0.2) is 85.1 Å². The van der Waals surface area contributed by atoms with Gasteiger partial charge in [0.05, 0.1) is 0 Å². The number of unbranched alkanes of at least 4 members (excludes halogenated alkanes) is 41. The number of ether oxygens (including phenoxy) is 3. The Morgan fingerprint density at radius 2 is 0.470 bits per heavy atom. The van der Waals surface area contributed by atoms with Crippen LogP contribution in [0.1, 0.15) is 367 Å². The Morgan fingerprint density at radius 3 is 0.747 bits per heavy atom. The maximum absolute atomic E-state index is 13.0. The number of carbonyl (C=O) groups is 3. The fourth-order valence-electron chi connectivity index (χ4n) is 10.5. The smallest absolute Gasteiger partial charge is 0.306 e. The second-order valence-corrected chi connectivity index (χ2v) is 24.1. The largest absolute Gasteiger partial charge is 0.462 e. The van der Waals surface area contributed by atoms with Crippen molar-refractivity contribution in [3.8, 4) is 0 Å². The van der Waals surface area contributed by atoms with Crippen LogP contribution >= 0.6 is 0 Å². The molecule has 0 aromatic carbocycles. The Bertz CT molecular complexity index is 1570. The molecule has 83 heavy (non-hydrogen) atoms. The summed E-state index contributed by atoms with van der Waals surface area (Å²) in [7, 11) is 0. The first-order valence-corrected chi connectivity index (χ1v) is 36.1. The number of allylic oxidation sites excluding steroid dienone is 14. The van der Waals surface area contributed by atoms with E-state index in [-0.39, 0.29) is 31.1 Å². The van der Waals surface area contributed by atoms with E-state index in [1.807, 2.05) is 0 Å². The summed E-state index contributed by atoms with van der Waals surface area (Å²) in [4.78, 5) is 38.5. The van der Waals surface area contributed by atoms with Gasteiger partial charge in [0.2, 0.25) is 0 Å². The molecule has 6 heteroatoms. The Hall–Kier alpha value is -3.41. The molecule has 6 nitrogen and oxygen atoms in total. The first-order valence-electron chi connectivity index (χ1n) is 36.1. The highest BCUT2D eigenvalue weighted by atomic mass is 16.6. The molecule has 0 fully saturated rings. The van der Waals surface area contributed by atoms with Gasteiger partial charge in [-0.1, -0.05) is 318 Å². The lowest BCUT2D eigenvalue weighted by Gasteiger charge is -2.18. The highest BCUT2D eigenvalue weighted by Crippen LogP contribution is 2.17. The SMILES string of the molecule is CC/C=C\C/C=C\C/C=C\C/C=C\CCCCCCCCCCCCCCC(=O)OCC(COC(=O)CCCCCCC/C=C\CCCCCCCC)OC(=O)CCCCCCCCCCCCCCC/C=C\C/C=C\CCCCCCC. The molecule has 1 unspecified atom stereocenters. The van der Waals surface area contributed by atoms with Gasteiger partial charge in [-0.25, -0.2) is 0 Å². The number of carbonyl (C=O) groups excluding carboxylic acids is 3. The Morgan fingerprint density at radius 1 is 0.253 bits per heavy atom. The van der Waals surface area contributed by atoms with Crippen molar-refractivity contribution in [1.29, 1.82) is 0 Å². The van der Waals surface area contributed by atoms with Crippen LogP contribution in [0.3, 0.4) is 0 Å². The van der Waals surface area contributed by atoms with Crippen molar-refractivity contribution >= 4 is 17.9 Å². The number of esters is 3. The van der Waals surface area contributed by atoms with Crippen molar-refractivity contribution in [3.63, 3.8) is 0 Å². The maximum atomic E-state index is 13.0. The summed E-state index contributed by atoms with van der Waals surface area (Å²) in [6, 6.07) is 0. The maximum Gasteiger partial charge on any atom is 0.306 e. The van der Waals surface area contributed by atoms with Crippen LogP contribution in [-0.2, 0) is 28.6 Å². The summed E-state index contributed by atoms with van der Waals surface area (Å²) in [6.07, 6.45) is 94.6. The molecule has 0 amide bonds. The van der Waals surface area contributed by atoms with Gasteiger partial charge in [0.25, 0.3) is 0 Å². The van der Waals surface area contributed by atoms with E-state index in [0.717, 1.165) is 96.3 Å². The molecule has 0 saturated carbocycles. The molecule has 0 bridgehead atoms. The van der Waals surface area contributed by atoms with E-state index < -0.39 is 6.10 Å². The van der Waals surface area contributed by atoms with Gasteiger partial charge < -0.3 is 14.2 Å². The first-order chi connectivity index (χ1) is 41.0. The molecule has 480 valence electrons. The molecule has 0 aliphatic carbocycles. The third-order valence-electron chi connectivity index (χ3n) is 15.9. The van der Waals surface area contributed by atoms with Crippen LogP contribution in [0.2, 0.25) is 0 Å². The van der Waals surface area contributed by atoms with E-state index in [4.69, 9.17) is 14.2 Å². The predicted molar refractivity (Wildman–Crippen MR) is 362 cm³/mol. The van der Waals surface area contributed by atoms with Crippen molar-refractivity contribution in [1.82, 2.24) is 0 Å². The monoisotopic (exact) mass is 1160 g/mol. The molecule has 0 N–H and O–H groups in total. The third-order valence-corrected chi connectivity index (χ3v) is 15.9. The minimum absolute atomic E-state index is 0.0776. The molecule has 0 radical (unpaired) electrons. The van der Waals surface area contributed by atoms with Gasteiger partial charge in [-0.2, -0.15) is 0 Å². The van der Waals surface area contributed by atoms with E-state index in [0.29, 0.717) is 19.3 Å². The van der Waals surface area contributed by atoms with Gasteiger partial charge >= 0.3 is 17.9 Å². The Labute approximate surface area is 515 Å². The van der Waals surface area contributed by atoms with Gasteiger partial charge in [0.15, 0.2) is 6.10 Å². The van der Waals surface area contributed by atoms with Crippen LogP contribution in [0, 0.1) is 0 Å². The van der Waals surface area contributed by atoms with Crippen molar-refractivity contribution in [2.75, 3.05) is 13.2 Å². The minimum Gasteiger partial charge on any atom is -0.462 e. The zero-order chi connectivity index (χ0) is 59.9. The summed E-state index contributed by atoms with van der Waals surface area (Å²) in [6.45, 7) is 6.56. The molecule has 0 rings (SSSR count). The Balaban J connectivity index is 4.31. The molecular formula is C77H136O6. The summed E-state index contributed by atoms with van der Waals surface area (Å²) in [5, 5.41) is 0. The number of hydrogen-bond acceptors (Lipinski definition) is 6. The van der Waals surface area contributed by atoms with E-state index >= 15 is 0 Å². The summed E-state index contributed by atoms with van der Waals surface area (Å²) in [5.41, 5.74) is 0. The third kappa shape index (κ3) is 69.3. The fourth-order valence-corrected chi connectivity index (χ4v) is 10.5. The van der Waals surface area contributed by atoms with Gasteiger partial charge in [0, 0.05) is 19.3 Å². The standard InChI is InChI=1S/C77H136O6/c1-4-7-10-13-16-19-22-25-28-30-32-34-36-38-40-42-44-46-49-52-55-58-61-64-67-70-76(79)82-73-74(72-81-75(78)69-66-63-60-57-54-51-48-27-24-21-18-15-12-9-6-3)83-77(80)71-68-65-62-59-56-53-50-47-45-43-41-39-37-35-33-31-29-26-23-20-17-14-11-8-5-2/h7,10,16,19,23,25-28,31-34,48,74H,4-6,8-9,11-15,17-18,20-22,24,29-30,35-47,49-73H2,1-3H3/b10-7-,19-16-,26-23-,28-25-,33-31-,34-32-,48-27-. The normalized spacial score (nSPS) is 12.6. The van der Waals surface area contributed by atoms with Crippen LogP contribution in [-0.4, -0.2) is 37.2 Å². The molecule has 0 aromatic heterocycles. The lowest BCUT2D eigenvalue weighted by Crippen LogP contribution is -2.30. The number of hydrogen-bond donors (Lipinski definition) is 0. The molecule has 0 saturated heterocycles. The minimum atomic E-state index is -0.783. The van der Waals surface area contributed by atoms with Crippen molar-refractivity contribution in [3.05, 3.63) is 85.1 Å². The molecule has 1 atom stereocenters. The average molecular weight is 1160 g/mol. The molecular weight excluding hydrogens is 1020 g/mol. The van der Waals surface area contributed by atoms with Crippen LogP contribution in [0.4, 0.5) is 0 Å². The van der Waals surface area contributed by atoms with E-state index in [1.54, 1.807) is 0 Å². The molecule has 0 aliphatic rings. The van der Waals surface area contributed by atoms with Crippen molar-refractivity contribution in [2.45, 2.75) is 374 Å². The quantitative estimate of drug-likeness (QED) is 0.0261. The van der Waals surface area contributed by atoms with Gasteiger partial charge in [-0.3, -0.25) is 14.4 Å². The van der Waals surface area contributed by atoms with Gasteiger partial charge in [0.1, 0.15) is 13.2 Å². The topological polar surface area (TPSA) is 78.9 Å². The molecule has 0 aliphatic heterocycles. The van der Waals surface area contributed by atoms with Gasteiger partial charge in [-0.05, 0) is 116 Å². The zero-order valence-corrected chi connectivity index (χ0v) is 55.2. The van der Waals surface area contributed by atoms with E-state index in [1.165, 1.54) is 231 Å². The lowest BCUT2D eigenvalue weighted by atomic mass is 10.0. The highest BCUT2D eigenvalue weighted by molar-refractivity contribution is 5.71. The average Bonchev–Trinajstić information content (AvgIpc) is 3.49. The van der Waals surface area contributed by atoms with Gasteiger partial charge in [-0.15, -0.1) is 0 Å². The zero-order valence-electron chi connectivity index (χ0n) is 55.2. The fraction of sp³-hybridized carbons (Fsp3) is 0.779. The van der Waals surface area contributed by atoms with Crippen LogP contribution < -0.4 is 0 Å². The summed E-state index contributed by atoms with van der Waals surface area (Å²) < 4.78 is 17.0. The second-order valence-electron chi connectivity index (χ2n) is 24.1. The second kappa shape index (κ2) is 71.1. The van der Waals surface area contributed by atoms with E-state index in [9.17, 15) is 14.4 Å². The van der Waals surface area contributed by atoms with Crippen LogP contribution in [0.25, 0.3) is 0 Å². The van der Waals surface area contributed by atoms with Crippen molar-refractivity contribution < 1.29 is 28.6 Å². The Kier molecular flexibility index (Phi) is 68.2. The summed E-state index contributed by atoms with van der Waals surface area (Å²) >= 11 is 0. The number of rotatable bonds is 66. The highest BCUT2D eigenvalue weighted by Gasteiger charge is 2.19. The molecule has 0 heterocycles.